The van der Waals surface area contributed by atoms with Crippen molar-refractivity contribution in [2.75, 3.05) is 19.5 Å². The summed E-state index contributed by atoms with van der Waals surface area (Å²) in [6, 6.07) is 13.6. The number of anilines is 1. The summed E-state index contributed by atoms with van der Waals surface area (Å²) in [6.07, 6.45) is 0.0909. The van der Waals surface area contributed by atoms with E-state index in [0.29, 0.717) is 11.3 Å². The van der Waals surface area contributed by atoms with Gasteiger partial charge in [-0.3, -0.25) is 15.0 Å². The fourth-order valence-electron chi connectivity index (χ4n) is 5.03. The Balaban J connectivity index is 1.67. The molecule has 0 radical (unpaired) electrons. The van der Waals surface area contributed by atoms with Gasteiger partial charge in [0, 0.05) is 35.2 Å². The van der Waals surface area contributed by atoms with Crippen LogP contribution in [0.5, 0.6) is 0 Å². The zero-order chi connectivity index (χ0) is 28.6. The molecule has 0 aliphatic carbocycles. The molecule has 4 aromatic rings. The Hall–Kier alpha value is -5.26. The quantitative estimate of drug-likeness (QED) is 0.209. The van der Waals surface area contributed by atoms with Crippen molar-refractivity contribution in [1.29, 1.82) is 0 Å². The number of nitrogens with one attached hydrogen (secondary N) is 2. The molecule has 1 aliphatic rings. The van der Waals surface area contributed by atoms with Gasteiger partial charge in [0.1, 0.15) is 17.9 Å². The third-order valence-electron chi connectivity index (χ3n) is 6.89. The molecular formula is C28H23FN4O7. The van der Waals surface area contributed by atoms with Gasteiger partial charge in [-0.05, 0) is 35.4 Å². The number of carbonyl (C=O) groups excluding carboxylic acids is 3. The van der Waals surface area contributed by atoms with Gasteiger partial charge < -0.3 is 19.8 Å². The first-order valence-electron chi connectivity index (χ1n) is 12.1. The predicted molar refractivity (Wildman–Crippen MR) is 141 cm³/mol. The summed E-state index contributed by atoms with van der Waals surface area (Å²) in [7, 11) is 2.46. The monoisotopic (exact) mass is 546 g/mol. The number of urea groups is 1. The van der Waals surface area contributed by atoms with Crippen molar-refractivity contribution in [3.05, 3.63) is 105 Å². The van der Waals surface area contributed by atoms with Gasteiger partial charge in [-0.25, -0.2) is 18.8 Å². The molecule has 2 atom stereocenters. The van der Waals surface area contributed by atoms with E-state index in [1.807, 2.05) is 24.3 Å². The highest BCUT2D eigenvalue weighted by Gasteiger charge is 2.44. The van der Waals surface area contributed by atoms with E-state index < -0.39 is 52.2 Å². The van der Waals surface area contributed by atoms with E-state index in [1.165, 1.54) is 31.3 Å². The average molecular weight is 547 g/mol. The number of fused-ring (bicyclic) bond motifs is 3. The molecule has 204 valence electrons. The number of rotatable bonds is 5. The summed E-state index contributed by atoms with van der Waals surface area (Å²) in [4.78, 5) is 54.1. The van der Waals surface area contributed by atoms with Crippen molar-refractivity contribution in [3.8, 4) is 0 Å². The van der Waals surface area contributed by atoms with Crippen LogP contribution in [0.4, 0.5) is 20.6 Å². The van der Waals surface area contributed by atoms with Crippen LogP contribution in [0.15, 0.2) is 66.7 Å². The van der Waals surface area contributed by atoms with Crippen LogP contribution < -0.4 is 5.32 Å². The minimum Gasteiger partial charge on any atom is -0.467 e. The van der Waals surface area contributed by atoms with Crippen molar-refractivity contribution < 1.29 is 33.2 Å². The summed E-state index contributed by atoms with van der Waals surface area (Å²) < 4.78 is 24.5. The van der Waals surface area contributed by atoms with Crippen LogP contribution in [0, 0.1) is 15.9 Å². The molecule has 1 aromatic heterocycles. The number of para-hydroxylation sites is 1. The number of aromatic amines is 1. The molecule has 12 heteroatoms. The first-order valence-corrected chi connectivity index (χ1v) is 12.1. The number of aromatic nitrogens is 1. The minimum atomic E-state index is -1.14. The number of H-pyrrole nitrogens is 1. The number of ether oxygens (including phenoxy) is 2. The molecule has 40 heavy (non-hydrogen) atoms. The Morgan fingerprint density at radius 1 is 1.05 bits per heavy atom. The summed E-state index contributed by atoms with van der Waals surface area (Å²) in [6.45, 7) is 0. The number of benzene rings is 3. The normalized spacial score (nSPS) is 16.2. The maximum atomic E-state index is 14.6. The van der Waals surface area contributed by atoms with E-state index in [4.69, 9.17) is 9.47 Å². The number of nitro groups is 1. The average Bonchev–Trinajstić information content (AvgIpc) is 3.34. The Morgan fingerprint density at radius 3 is 2.45 bits per heavy atom. The number of methoxy groups -OCH3 is 2. The van der Waals surface area contributed by atoms with Gasteiger partial charge in [0.25, 0.3) is 5.69 Å². The molecule has 5 rings (SSSR count). The van der Waals surface area contributed by atoms with Gasteiger partial charge in [-0.2, -0.15) is 0 Å². The van der Waals surface area contributed by atoms with Gasteiger partial charge >= 0.3 is 18.0 Å². The van der Waals surface area contributed by atoms with E-state index in [0.717, 1.165) is 34.7 Å². The van der Waals surface area contributed by atoms with Crippen molar-refractivity contribution in [3.63, 3.8) is 0 Å². The summed E-state index contributed by atoms with van der Waals surface area (Å²) >= 11 is 0. The highest BCUT2D eigenvalue weighted by atomic mass is 19.1. The number of carbonyl (C=O) groups is 3. The Bertz CT molecular complexity index is 1650. The molecule has 0 saturated heterocycles. The SMILES string of the molecule is COC(=O)c1ccc(C2c3[nH]c4ccccc4c3CC(C(=O)OC)N2C(=O)Nc2cc([N+](=O)[O-])ccc2F)cc1. The molecule has 2 N–H and O–H groups in total. The molecule has 3 aromatic carbocycles. The van der Waals surface area contributed by atoms with Crippen LogP contribution in [-0.2, 0) is 20.7 Å². The standard InChI is InChI=1S/C28H23FN4O7/c1-39-26(34)16-9-7-15(8-10-16)25-24-19(18-5-3-4-6-21(18)30-24)14-23(27(35)40-2)32(25)28(36)31-22-13-17(33(37)38)11-12-20(22)29/h3-13,23,25,30H,14H2,1-2H3,(H,31,36). The van der Waals surface area contributed by atoms with Gasteiger partial charge in [0.05, 0.1) is 30.4 Å². The van der Waals surface area contributed by atoms with Gasteiger partial charge in [0.2, 0.25) is 0 Å². The van der Waals surface area contributed by atoms with E-state index >= 15 is 0 Å². The number of amides is 2. The maximum Gasteiger partial charge on any atom is 0.337 e. The molecule has 11 nitrogen and oxygen atoms in total. The second kappa shape index (κ2) is 10.5. The molecule has 0 saturated carbocycles. The van der Waals surface area contributed by atoms with E-state index in [-0.39, 0.29) is 12.0 Å². The second-order valence-corrected chi connectivity index (χ2v) is 9.08. The number of hydrogen-bond acceptors (Lipinski definition) is 7. The summed E-state index contributed by atoms with van der Waals surface area (Å²) in [5.74, 6) is -2.15. The number of hydrogen-bond donors (Lipinski definition) is 2. The Morgan fingerprint density at radius 2 is 1.77 bits per heavy atom. The van der Waals surface area contributed by atoms with Gasteiger partial charge in [0.15, 0.2) is 0 Å². The fraction of sp³-hybridized carbons (Fsp3) is 0.179. The Kier molecular flexibility index (Phi) is 6.91. The number of nitro benzene ring substituents is 1. The third-order valence-corrected chi connectivity index (χ3v) is 6.89. The van der Waals surface area contributed by atoms with E-state index in [9.17, 15) is 28.9 Å². The highest BCUT2D eigenvalue weighted by molar-refractivity contribution is 5.96. The van der Waals surface area contributed by atoms with Crippen LogP contribution in [0.1, 0.15) is 33.2 Å². The van der Waals surface area contributed by atoms with Crippen molar-refractivity contribution in [2.24, 2.45) is 0 Å². The molecule has 2 unspecified atom stereocenters. The molecular weight excluding hydrogens is 523 g/mol. The lowest BCUT2D eigenvalue weighted by Gasteiger charge is -2.40. The fourth-order valence-corrected chi connectivity index (χ4v) is 5.03. The van der Waals surface area contributed by atoms with Crippen LogP contribution in [0.3, 0.4) is 0 Å². The zero-order valence-electron chi connectivity index (χ0n) is 21.3. The largest absolute Gasteiger partial charge is 0.467 e. The lowest BCUT2D eigenvalue weighted by molar-refractivity contribution is -0.384. The lowest BCUT2D eigenvalue weighted by Crippen LogP contribution is -2.53. The third kappa shape index (κ3) is 4.59. The zero-order valence-corrected chi connectivity index (χ0v) is 21.3. The van der Waals surface area contributed by atoms with E-state index in [1.54, 1.807) is 12.1 Å². The molecule has 1 aliphatic heterocycles. The van der Waals surface area contributed by atoms with E-state index in [2.05, 4.69) is 10.3 Å². The predicted octanol–water partition coefficient (Wildman–Crippen LogP) is 4.72. The van der Waals surface area contributed by atoms with Gasteiger partial charge in [-0.1, -0.05) is 30.3 Å². The van der Waals surface area contributed by atoms with Crippen LogP contribution in [0.25, 0.3) is 10.9 Å². The first kappa shape index (κ1) is 26.4. The number of esters is 2. The Labute approximate surface area is 226 Å². The highest BCUT2D eigenvalue weighted by Crippen LogP contribution is 2.41. The van der Waals surface area contributed by atoms with Crippen LogP contribution in [-0.4, -0.2) is 53.0 Å². The second-order valence-electron chi connectivity index (χ2n) is 9.08. The summed E-state index contributed by atoms with van der Waals surface area (Å²) in [5.41, 5.74) is 2.14. The lowest BCUT2D eigenvalue weighted by atomic mass is 9.88. The van der Waals surface area contributed by atoms with Gasteiger partial charge in [-0.15, -0.1) is 0 Å². The number of nitrogens with zero attached hydrogens (tertiary/aromatic N) is 2. The number of non-ortho nitro benzene ring substituents is 1. The van der Waals surface area contributed by atoms with Crippen molar-refractivity contribution in [1.82, 2.24) is 9.88 Å². The minimum absolute atomic E-state index is 0.0909. The molecule has 0 spiro atoms. The van der Waals surface area contributed by atoms with Crippen LogP contribution in [0.2, 0.25) is 0 Å². The smallest absolute Gasteiger partial charge is 0.337 e. The van der Waals surface area contributed by atoms with Crippen molar-refractivity contribution in [2.45, 2.75) is 18.5 Å². The molecule has 0 bridgehead atoms. The topological polar surface area (TPSA) is 144 Å². The summed E-state index contributed by atoms with van der Waals surface area (Å²) in [5, 5.41) is 14.5. The molecule has 2 amide bonds. The van der Waals surface area contributed by atoms with Crippen molar-refractivity contribution >= 4 is 40.2 Å². The maximum absolute atomic E-state index is 14.6. The van der Waals surface area contributed by atoms with Crippen LogP contribution >= 0.6 is 0 Å². The molecule has 2 heterocycles. The molecule has 0 fully saturated rings. The first-order chi connectivity index (χ1) is 19.2. The number of halogens is 1.